The predicted octanol–water partition coefficient (Wildman–Crippen LogP) is 6.39. The minimum Gasteiger partial charge on any atom is -0.457 e. The standard InChI is InChI=1S/C22H29NO/c1-4-6-16-23(19(3)11-5-2)18-20-12-10-15-22(17-20)24-21-13-8-7-9-14-21/h7-10,12-15,17H,3-6,11,16,18H2,1-2H3. The van der Waals surface area contributed by atoms with Gasteiger partial charge in [0.1, 0.15) is 11.5 Å². The molecule has 0 spiro atoms. The van der Waals surface area contributed by atoms with Gasteiger partial charge in [-0.1, -0.05) is 63.6 Å². The molecule has 0 atom stereocenters. The molecule has 2 rings (SSSR count). The van der Waals surface area contributed by atoms with E-state index in [0.29, 0.717) is 0 Å². The highest BCUT2D eigenvalue weighted by Gasteiger charge is 2.08. The summed E-state index contributed by atoms with van der Waals surface area (Å²) >= 11 is 0. The van der Waals surface area contributed by atoms with Crippen molar-refractivity contribution >= 4 is 0 Å². The first kappa shape index (κ1) is 18.1. The monoisotopic (exact) mass is 323 g/mol. The summed E-state index contributed by atoms with van der Waals surface area (Å²) in [6.07, 6.45) is 4.60. The molecule has 2 heteroatoms. The van der Waals surface area contributed by atoms with Crippen LogP contribution in [0.2, 0.25) is 0 Å². The maximum Gasteiger partial charge on any atom is 0.127 e. The summed E-state index contributed by atoms with van der Waals surface area (Å²) in [5.74, 6) is 1.75. The molecule has 0 heterocycles. The molecule has 0 aliphatic carbocycles. The zero-order valence-corrected chi connectivity index (χ0v) is 15.0. The Morgan fingerprint density at radius 3 is 2.42 bits per heavy atom. The second kappa shape index (κ2) is 9.82. The van der Waals surface area contributed by atoms with Crippen molar-refractivity contribution in [1.29, 1.82) is 0 Å². The van der Waals surface area contributed by atoms with Gasteiger partial charge in [-0.15, -0.1) is 0 Å². The van der Waals surface area contributed by atoms with E-state index in [9.17, 15) is 0 Å². The number of unbranched alkanes of at least 4 members (excludes halogenated alkanes) is 1. The fourth-order valence-electron chi connectivity index (χ4n) is 2.70. The topological polar surface area (TPSA) is 12.5 Å². The molecular weight excluding hydrogens is 294 g/mol. The van der Waals surface area contributed by atoms with Gasteiger partial charge in [-0.3, -0.25) is 0 Å². The van der Waals surface area contributed by atoms with Gasteiger partial charge in [-0.2, -0.15) is 0 Å². The largest absolute Gasteiger partial charge is 0.457 e. The maximum atomic E-state index is 5.95. The van der Waals surface area contributed by atoms with Crippen molar-refractivity contribution in [1.82, 2.24) is 4.90 Å². The molecule has 0 aliphatic heterocycles. The lowest BCUT2D eigenvalue weighted by atomic mass is 10.1. The number of hydrogen-bond acceptors (Lipinski definition) is 2. The number of hydrogen-bond donors (Lipinski definition) is 0. The molecule has 24 heavy (non-hydrogen) atoms. The van der Waals surface area contributed by atoms with Gasteiger partial charge in [-0.05, 0) is 42.7 Å². The summed E-state index contributed by atoms with van der Waals surface area (Å²) in [4.78, 5) is 2.41. The molecule has 0 bridgehead atoms. The number of para-hydroxylation sites is 1. The van der Waals surface area contributed by atoms with E-state index >= 15 is 0 Å². The Hall–Kier alpha value is -2.22. The molecule has 0 fully saturated rings. The maximum absolute atomic E-state index is 5.95. The molecule has 2 aromatic rings. The Morgan fingerprint density at radius 2 is 1.71 bits per heavy atom. The van der Waals surface area contributed by atoms with Crippen molar-refractivity contribution in [2.75, 3.05) is 6.54 Å². The van der Waals surface area contributed by atoms with E-state index in [0.717, 1.165) is 37.4 Å². The van der Waals surface area contributed by atoms with Crippen molar-refractivity contribution in [3.8, 4) is 11.5 Å². The Morgan fingerprint density at radius 1 is 0.958 bits per heavy atom. The van der Waals surface area contributed by atoms with Gasteiger partial charge < -0.3 is 9.64 Å². The van der Waals surface area contributed by atoms with Crippen LogP contribution in [0.5, 0.6) is 11.5 Å². The molecule has 128 valence electrons. The lowest BCUT2D eigenvalue weighted by Crippen LogP contribution is -2.23. The number of ether oxygens (including phenoxy) is 1. The molecule has 2 aromatic carbocycles. The van der Waals surface area contributed by atoms with E-state index in [-0.39, 0.29) is 0 Å². The smallest absolute Gasteiger partial charge is 0.127 e. The summed E-state index contributed by atoms with van der Waals surface area (Å²) in [6, 6.07) is 18.3. The van der Waals surface area contributed by atoms with E-state index in [1.807, 2.05) is 36.4 Å². The van der Waals surface area contributed by atoms with Crippen molar-refractivity contribution in [3.63, 3.8) is 0 Å². The quantitative estimate of drug-likeness (QED) is 0.502. The normalized spacial score (nSPS) is 10.4. The molecule has 0 amide bonds. The molecule has 0 N–H and O–H groups in total. The van der Waals surface area contributed by atoms with Crippen molar-refractivity contribution in [2.24, 2.45) is 0 Å². The molecule has 0 saturated heterocycles. The third kappa shape index (κ3) is 5.77. The lowest BCUT2D eigenvalue weighted by molar-refractivity contribution is 0.319. The Kier molecular flexibility index (Phi) is 7.41. The van der Waals surface area contributed by atoms with E-state index in [1.54, 1.807) is 0 Å². The van der Waals surface area contributed by atoms with Crippen LogP contribution in [0, 0.1) is 0 Å². The predicted molar refractivity (Wildman–Crippen MR) is 102 cm³/mol. The highest BCUT2D eigenvalue weighted by molar-refractivity contribution is 5.34. The molecule has 0 saturated carbocycles. The number of rotatable bonds is 10. The highest BCUT2D eigenvalue weighted by Crippen LogP contribution is 2.23. The van der Waals surface area contributed by atoms with E-state index in [1.165, 1.54) is 24.1 Å². The van der Waals surface area contributed by atoms with Crippen LogP contribution in [0.3, 0.4) is 0 Å². The average molecular weight is 323 g/mol. The zero-order chi connectivity index (χ0) is 17.2. The molecular formula is C22H29NO. The van der Waals surface area contributed by atoms with Crippen molar-refractivity contribution in [3.05, 3.63) is 72.4 Å². The molecule has 0 aliphatic rings. The zero-order valence-electron chi connectivity index (χ0n) is 15.0. The third-order valence-electron chi connectivity index (χ3n) is 4.02. The number of benzene rings is 2. The number of nitrogens with zero attached hydrogens (tertiary/aromatic N) is 1. The molecule has 0 radical (unpaired) electrons. The van der Waals surface area contributed by atoms with Gasteiger partial charge in [0, 0.05) is 18.8 Å². The van der Waals surface area contributed by atoms with Crippen LogP contribution in [0.15, 0.2) is 66.9 Å². The lowest BCUT2D eigenvalue weighted by Gasteiger charge is -2.27. The van der Waals surface area contributed by atoms with Crippen LogP contribution in [0.4, 0.5) is 0 Å². The summed E-state index contributed by atoms with van der Waals surface area (Å²) < 4.78 is 5.95. The Labute approximate surface area is 146 Å². The average Bonchev–Trinajstić information content (AvgIpc) is 2.60. The van der Waals surface area contributed by atoms with Crippen LogP contribution in [-0.2, 0) is 6.54 Å². The van der Waals surface area contributed by atoms with Crippen LogP contribution in [0.1, 0.15) is 45.1 Å². The fourth-order valence-corrected chi connectivity index (χ4v) is 2.70. The summed E-state index contributed by atoms with van der Waals surface area (Å²) in [6.45, 7) is 10.7. The van der Waals surface area contributed by atoms with Gasteiger partial charge in [0.25, 0.3) is 0 Å². The van der Waals surface area contributed by atoms with Gasteiger partial charge in [0.15, 0.2) is 0 Å². The minimum atomic E-state index is 0.868. The SMILES string of the molecule is C=C(CCC)N(CCCC)Cc1cccc(Oc2ccccc2)c1. The van der Waals surface area contributed by atoms with E-state index in [4.69, 9.17) is 4.74 Å². The second-order valence-corrected chi connectivity index (χ2v) is 6.15. The molecule has 0 unspecified atom stereocenters. The van der Waals surface area contributed by atoms with Gasteiger partial charge in [0.2, 0.25) is 0 Å². The van der Waals surface area contributed by atoms with Crippen LogP contribution in [0.25, 0.3) is 0 Å². The number of allylic oxidation sites excluding steroid dienone is 1. The van der Waals surface area contributed by atoms with E-state index < -0.39 is 0 Å². The fraction of sp³-hybridized carbons (Fsp3) is 0.364. The summed E-state index contributed by atoms with van der Waals surface area (Å²) in [5, 5.41) is 0. The third-order valence-corrected chi connectivity index (χ3v) is 4.02. The first-order valence-electron chi connectivity index (χ1n) is 8.97. The highest BCUT2D eigenvalue weighted by atomic mass is 16.5. The summed E-state index contributed by atoms with van der Waals surface area (Å²) in [7, 11) is 0. The van der Waals surface area contributed by atoms with Crippen LogP contribution in [-0.4, -0.2) is 11.4 Å². The first-order valence-corrected chi connectivity index (χ1v) is 8.97. The second-order valence-electron chi connectivity index (χ2n) is 6.15. The van der Waals surface area contributed by atoms with E-state index in [2.05, 4.69) is 43.5 Å². The minimum absolute atomic E-state index is 0.868. The van der Waals surface area contributed by atoms with Crippen molar-refractivity contribution in [2.45, 2.75) is 46.1 Å². The van der Waals surface area contributed by atoms with Crippen LogP contribution < -0.4 is 4.74 Å². The molecule has 2 nitrogen and oxygen atoms in total. The van der Waals surface area contributed by atoms with Gasteiger partial charge >= 0.3 is 0 Å². The van der Waals surface area contributed by atoms with Gasteiger partial charge in [-0.25, -0.2) is 0 Å². The first-order chi connectivity index (χ1) is 11.7. The van der Waals surface area contributed by atoms with Gasteiger partial charge in [0.05, 0.1) is 0 Å². The Balaban J connectivity index is 2.06. The summed E-state index contributed by atoms with van der Waals surface area (Å²) in [5.41, 5.74) is 2.50. The van der Waals surface area contributed by atoms with Crippen molar-refractivity contribution < 1.29 is 4.74 Å². The molecule has 0 aromatic heterocycles. The Bertz CT molecular complexity index is 621. The van der Waals surface area contributed by atoms with Crippen LogP contribution >= 0.6 is 0 Å².